The van der Waals surface area contributed by atoms with Crippen LogP contribution < -0.4 is 4.72 Å². The van der Waals surface area contributed by atoms with Crippen molar-refractivity contribution in [1.82, 2.24) is 4.98 Å². The summed E-state index contributed by atoms with van der Waals surface area (Å²) >= 11 is 6.20. The molecular weight excluding hydrogens is 307 g/mol. The molecule has 4 rings (SSSR count). The molecule has 2 N–H and O–H groups in total. The summed E-state index contributed by atoms with van der Waals surface area (Å²) in [4.78, 5) is 4.66. The zero-order valence-corrected chi connectivity index (χ0v) is 12.2. The van der Waals surface area contributed by atoms with E-state index in [2.05, 4.69) is 27.9 Å². The number of fused-ring (bicyclic) bond motifs is 4. The Balaban J connectivity index is 0.000001000. The first-order chi connectivity index (χ1) is 8.33. The number of anilines is 1. The van der Waals surface area contributed by atoms with Crippen molar-refractivity contribution in [2.75, 3.05) is 4.72 Å². The minimum absolute atomic E-state index is 0. The third-order valence-electron chi connectivity index (χ3n) is 2.97. The van der Waals surface area contributed by atoms with Crippen LogP contribution in [-0.4, -0.2) is 4.98 Å². The van der Waals surface area contributed by atoms with Crippen molar-refractivity contribution in [1.29, 1.82) is 0 Å². The van der Waals surface area contributed by atoms with Crippen molar-refractivity contribution in [3.05, 3.63) is 35.4 Å². The second-order valence-electron chi connectivity index (χ2n) is 3.95. The summed E-state index contributed by atoms with van der Waals surface area (Å²) in [5, 5.41) is 3.17. The van der Waals surface area contributed by atoms with E-state index in [1.165, 1.54) is 21.4 Å². The van der Waals surface area contributed by atoms with Gasteiger partial charge in [-0.15, -0.1) is 12.4 Å². The normalized spacial score (nSPS) is 13.4. The maximum Gasteiger partial charge on any atom is 0.0654 e. The summed E-state index contributed by atoms with van der Waals surface area (Å²) < 4.78 is 3.29. The Morgan fingerprint density at radius 3 is 2.89 bits per heavy atom. The molecule has 0 amide bonds. The average molecular weight is 315 g/mol. The molecule has 0 saturated carbocycles. The van der Waals surface area contributed by atoms with Gasteiger partial charge in [0.25, 0.3) is 0 Å². The molecule has 3 aromatic rings. The zero-order chi connectivity index (χ0) is 11.4. The Morgan fingerprint density at radius 1 is 1.11 bits per heavy atom. The van der Waals surface area contributed by atoms with Gasteiger partial charge in [0.05, 0.1) is 16.2 Å². The van der Waals surface area contributed by atoms with Gasteiger partial charge < -0.3 is 9.71 Å². The van der Waals surface area contributed by atoms with Crippen LogP contribution in [0.5, 0.6) is 0 Å². The highest BCUT2D eigenvalue weighted by Crippen LogP contribution is 2.47. The van der Waals surface area contributed by atoms with Crippen molar-refractivity contribution in [3.8, 4) is 0 Å². The van der Waals surface area contributed by atoms with Crippen LogP contribution in [0.2, 0.25) is 5.02 Å². The Bertz CT molecular complexity index is 754. The monoisotopic (exact) mass is 314 g/mol. The van der Waals surface area contributed by atoms with Crippen molar-refractivity contribution in [2.24, 2.45) is 0 Å². The van der Waals surface area contributed by atoms with Crippen molar-refractivity contribution in [2.45, 2.75) is 4.90 Å². The highest BCUT2D eigenvalue weighted by Gasteiger charge is 2.15. The largest absolute Gasteiger partial charge is 0.353 e. The van der Waals surface area contributed by atoms with Gasteiger partial charge in [0, 0.05) is 32.2 Å². The predicted octanol–water partition coefficient (Wildman–Crippen LogP) is 5.48. The summed E-state index contributed by atoms with van der Waals surface area (Å²) in [6, 6.07) is 10.4. The van der Waals surface area contributed by atoms with Crippen LogP contribution in [0.25, 0.3) is 21.8 Å². The molecule has 0 fully saturated rings. The first kappa shape index (κ1) is 12.4. The number of hydrogen-bond acceptors (Lipinski definition) is 3. The van der Waals surface area contributed by atoms with E-state index in [0.717, 1.165) is 16.1 Å². The quantitative estimate of drug-likeness (QED) is 0.425. The molecule has 92 valence electrons. The van der Waals surface area contributed by atoms with Crippen LogP contribution in [0.3, 0.4) is 0 Å². The van der Waals surface area contributed by atoms with Gasteiger partial charge in [0.2, 0.25) is 0 Å². The molecule has 2 nitrogen and oxygen atoms in total. The predicted molar refractivity (Wildman–Crippen MR) is 85.1 cm³/mol. The summed E-state index contributed by atoms with van der Waals surface area (Å²) in [5.41, 5.74) is 3.35. The van der Waals surface area contributed by atoms with Crippen molar-refractivity contribution < 1.29 is 0 Å². The van der Waals surface area contributed by atoms with Gasteiger partial charge >= 0.3 is 0 Å². The first-order valence-corrected chi connectivity index (χ1v) is 7.69. The molecule has 0 unspecified atom stereocenters. The fraction of sp³-hybridized carbons (Fsp3) is 0. The van der Waals surface area contributed by atoms with Gasteiger partial charge in [0.1, 0.15) is 0 Å². The summed E-state index contributed by atoms with van der Waals surface area (Å²) in [6.07, 6.45) is 0. The number of benzene rings is 2. The smallest absolute Gasteiger partial charge is 0.0654 e. The minimum atomic E-state index is 0. The first-order valence-electron chi connectivity index (χ1n) is 5.16. The van der Waals surface area contributed by atoms with Gasteiger partial charge in [-0.25, -0.2) is 0 Å². The molecule has 6 heteroatoms. The summed E-state index contributed by atoms with van der Waals surface area (Å²) in [6.45, 7) is 0. The molecule has 0 saturated heterocycles. The highest BCUT2D eigenvalue weighted by atomic mass is 35.5. The lowest BCUT2D eigenvalue weighted by Crippen LogP contribution is -1.78. The molecule has 2 heterocycles. The standard InChI is InChI=1S/C12H7ClN2S2.ClH/c13-8-3-1-2-6-7-4-10-11(16-17-15-10)5-9(7)14-12(6)8;/h1-5,14-15H;1H. The fourth-order valence-corrected chi connectivity index (χ4v) is 4.30. The van der Waals surface area contributed by atoms with Crippen LogP contribution >= 0.6 is 45.8 Å². The van der Waals surface area contributed by atoms with Crippen LogP contribution in [0, 0.1) is 0 Å². The van der Waals surface area contributed by atoms with E-state index < -0.39 is 0 Å². The number of aromatic amines is 1. The number of nitrogens with one attached hydrogen (secondary N) is 2. The molecule has 1 aliphatic rings. The zero-order valence-electron chi connectivity index (χ0n) is 8.99. The number of aromatic nitrogens is 1. The van der Waals surface area contributed by atoms with Gasteiger partial charge in [-0.05, 0) is 29.0 Å². The van der Waals surface area contributed by atoms with E-state index in [-0.39, 0.29) is 12.4 Å². The Labute approximate surface area is 123 Å². The molecule has 1 aliphatic heterocycles. The molecule has 1 aromatic heterocycles. The Kier molecular flexibility index (Phi) is 3.06. The molecule has 0 radical (unpaired) electrons. The van der Waals surface area contributed by atoms with Crippen molar-refractivity contribution >= 4 is 73.3 Å². The molecule has 0 aliphatic carbocycles. The van der Waals surface area contributed by atoms with E-state index in [0.29, 0.717) is 0 Å². The minimum Gasteiger partial charge on any atom is -0.353 e. The number of H-pyrrole nitrogens is 1. The molecule has 0 bridgehead atoms. The highest BCUT2D eigenvalue weighted by molar-refractivity contribution is 8.77. The lowest BCUT2D eigenvalue weighted by molar-refractivity contribution is 1.48. The SMILES string of the molecule is Cl.Clc1cccc2c1[nH]c1cc3c(cc12)NSS3. The molecule has 18 heavy (non-hydrogen) atoms. The van der Waals surface area contributed by atoms with E-state index in [1.807, 2.05) is 12.1 Å². The number of para-hydroxylation sites is 1. The third kappa shape index (κ3) is 1.67. The average Bonchev–Trinajstić information content (AvgIpc) is 2.90. The van der Waals surface area contributed by atoms with Gasteiger partial charge in [-0.2, -0.15) is 0 Å². The van der Waals surface area contributed by atoms with E-state index in [1.54, 1.807) is 21.8 Å². The second-order valence-corrected chi connectivity index (χ2v) is 6.33. The Hall–Kier alpha value is -0.680. The number of rotatable bonds is 0. The van der Waals surface area contributed by atoms with E-state index in [4.69, 9.17) is 11.6 Å². The van der Waals surface area contributed by atoms with Gasteiger partial charge in [-0.1, -0.05) is 23.7 Å². The van der Waals surface area contributed by atoms with Crippen LogP contribution in [-0.2, 0) is 0 Å². The second kappa shape index (κ2) is 4.46. The summed E-state index contributed by atoms with van der Waals surface area (Å²) in [5.74, 6) is 0. The molecule has 2 aromatic carbocycles. The lowest BCUT2D eigenvalue weighted by Gasteiger charge is -1.97. The maximum absolute atomic E-state index is 6.20. The molecule has 0 atom stereocenters. The fourth-order valence-electron chi connectivity index (χ4n) is 2.18. The van der Waals surface area contributed by atoms with Crippen LogP contribution in [0.4, 0.5) is 5.69 Å². The summed E-state index contributed by atoms with van der Waals surface area (Å²) in [7, 11) is 3.40. The maximum atomic E-state index is 6.20. The van der Waals surface area contributed by atoms with Crippen LogP contribution in [0.1, 0.15) is 0 Å². The lowest BCUT2D eigenvalue weighted by atomic mass is 10.1. The number of halogens is 2. The van der Waals surface area contributed by atoms with Gasteiger partial charge in [-0.3, -0.25) is 0 Å². The van der Waals surface area contributed by atoms with Gasteiger partial charge in [0.15, 0.2) is 0 Å². The molecule has 0 spiro atoms. The topological polar surface area (TPSA) is 27.8 Å². The van der Waals surface area contributed by atoms with E-state index >= 15 is 0 Å². The third-order valence-corrected chi connectivity index (χ3v) is 5.22. The molecular formula is C12H8Cl2N2S2. The number of hydrogen-bond donors (Lipinski definition) is 2. The van der Waals surface area contributed by atoms with Crippen LogP contribution in [0.15, 0.2) is 35.2 Å². The Morgan fingerprint density at radius 2 is 2.00 bits per heavy atom. The van der Waals surface area contributed by atoms with E-state index in [9.17, 15) is 0 Å². The van der Waals surface area contributed by atoms with Crippen molar-refractivity contribution in [3.63, 3.8) is 0 Å².